The van der Waals surface area contributed by atoms with Crippen molar-refractivity contribution < 1.29 is 4.79 Å². The topological polar surface area (TPSA) is 66.8 Å². The van der Waals surface area contributed by atoms with Crippen LogP contribution in [-0.2, 0) is 6.54 Å². The molecule has 7 heteroatoms. The second kappa shape index (κ2) is 7.24. The maximum atomic E-state index is 13.1. The maximum Gasteiger partial charge on any atom is 0.270 e. The van der Waals surface area contributed by atoms with Crippen molar-refractivity contribution in [1.29, 1.82) is 0 Å². The van der Waals surface area contributed by atoms with Crippen LogP contribution in [0.2, 0.25) is 0 Å². The zero-order valence-corrected chi connectivity index (χ0v) is 16.2. The van der Waals surface area contributed by atoms with E-state index in [-0.39, 0.29) is 11.8 Å². The number of aromatic nitrogens is 4. The number of H-pyrrole nitrogens is 1. The number of nitrogens with zero attached hydrogens (tertiary/aromatic N) is 4. The number of fused-ring (bicyclic) bond motifs is 1. The summed E-state index contributed by atoms with van der Waals surface area (Å²) in [4.78, 5) is 27.3. The first-order valence-corrected chi connectivity index (χ1v) is 10.5. The number of piperidine rings is 1. The molecule has 1 N–H and O–H groups in total. The molecule has 142 valence electrons. The van der Waals surface area contributed by atoms with Gasteiger partial charge in [-0.1, -0.05) is 18.2 Å². The molecule has 1 aliphatic rings. The van der Waals surface area contributed by atoms with E-state index in [9.17, 15) is 4.79 Å². The van der Waals surface area contributed by atoms with Crippen molar-refractivity contribution in [2.45, 2.75) is 25.3 Å². The Morgan fingerprint density at radius 1 is 1.29 bits per heavy atom. The highest BCUT2D eigenvalue weighted by atomic mass is 32.1. The molecule has 1 aromatic carbocycles. The Labute approximate surface area is 166 Å². The number of hydrogen-bond acceptors (Lipinski definition) is 4. The van der Waals surface area contributed by atoms with Crippen LogP contribution in [-0.4, -0.2) is 43.4 Å². The number of carbonyl (C=O) groups excluding carboxylic acids is 1. The van der Waals surface area contributed by atoms with Crippen molar-refractivity contribution >= 4 is 28.1 Å². The van der Waals surface area contributed by atoms with E-state index in [1.165, 1.54) is 0 Å². The molecule has 1 fully saturated rings. The first-order valence-electron chi connectivity index (χ1n) is 9.53. The van der Waals surface area contributed by atoms with Crippen LogP contribution in [0.5, 0.6) is 0 Å². The Morgan fingerprint density at radius 2 is 2.21 bits per heavy atom. The molecule has 0 aliphatic carbocycles. The molecule has 1 saturated heterocycles. The maximum absolute atomic E-state index is 13.1. The lowest BCUT2D eigenvalue weighted by Crippen LogP contribution is -2.40. The van der Waals surface area contributed by atoms with Crippen LogP contribution in [0, 0.1) is 0 Å². The molecule has 4 heterocycles. The number of para-hydroxylation sites is 1. The molecule has 1 amide bonds. The average Bonchev–Trinajstić information content (AvgIpc) is 3.48. The van der Waals surface area contributed by atoms with Crippen molar-refractivity contribution in [2.75, 3.05) is 13.1 Å². The normalized spacial score (nSPS) is 17.3. The number of aromatic amines is 1. The molecule has 1 unspecified atom stereocenters. The molecule has 4 aromatic rings. The van der Waals surface area contributed by atoms with Crippen molar-refractivity contribution in [3.05, 3.63) is 70.8 Å². The minimum atomic E-state index is 0.0681. The van der Waals surface area contributed by atoms with Crippen LogP contribution in [0.4, 0.5) is 0 Å². The SMILES string of the molecule is O=C(c1cc2ccccc2[nH]1)N1CCCC(c2nccn2Cc2cscn2)C1. The fourth-order valence-corrected chi connectivity index (χ4v) is 4.59. The molecule has 1 atom stereocenters. The van der Waals surface area contributed by atoms with Gasteiger partial charge in [-0.05, 0) is 25.0 Å². The zero-order valence-electron chi connectivity index (χ0n) is 15.4. The van der Waals surface area contributed by atoms with Gasteiger partial charge in [-0.15, -0.1) is 11.3 Å². The quantitative estimate of drug-likeness (QED) is 0.574. The highest BCUT2D eigenvalue weighted by Crippen LogP contribution is 2.28. The van der Waals surface area contributed by atoms with E-state index in [0.29, 0.717) is 12.2 Å². The third kappa shape index (κ3) is 3.22. The van der Waals surface area contributed by atoms with Gasteiger partial charge in [-0.2, -0.15) is 0 Å². The lowest BCUT2D eigenvalue weighted by atomic mass is 9.96. The predicted molar refractivity (Wildman–Crippen MR) is 110 cm³/mol. The van der Waals surface area contributed by atoms with Crippen LogP contribution in [0.1, 0.15) is 40.8 Å². The largest absolute Gasteiger partial charge is 0.351 e. The molecule has 28 heavy (non-hydrogen) atoms. The van der Waals surface area contributed by atoms with Gasteiger partial charge >= 0.3 is 0 Å². The van der Waals surface area contributed by atoms with Gasteiger partial charge in [0.1, 0.15) is 11.5 Å². The third-order valence-electron chi connectivity index (χ3n) is 5.40. The van der Waals surface area contributed by atoms with E-state index in [1.54, 1.807) is 11.3 Å². The van der Waals surface area contributed by atoms with Crippen molar-refractivity contribution in [2.24, 2.45) is 0 Å². The van der Waals surface area contributed by atoms with Gasteiger partial charge in [0.15, 0.2) is 0 Å². The summed E-state index contributed by atoms with van der Waals surface area (Å²) in [6, 6.07) is 9.94. The van der Waals surface area contributed by atoms with Gasteiger partial charge < -0.3 is 14.5 Å². The zero-order chi connectivity index (χ0) is 18.9. The van der Waals surface area contributed by atoms with Crippen LogP contribution >= 0.6 is 11.3 Å². The van der Waals surface area contributed by atoms with E-state index in [1.807, 2.05) is 53.1 Å². The monoisotopic (exact) mass is 391 g/mol. The molecule has 0 radical (unpaired) electrons. The van der Waals surface area contributed by atoms with Gasteiger partial charge in [0, 0.05) is 47.7 Å². The number of amides is 1. The summed E-state index contributed by atoms with van der Waals surface area (Å²) in [6.07, 6.45) is 5.89. The summed E-state index contributed by atoms with van der Waals surface area (Å²) in [5.41, 5.74) is 4.56. The number of imidazole rings is 1. The number of thiazole rings is 1. The Morgan fingerprint density at radius 3 is 3.07 bits per heavy atom. The van der Waals surface area contributed by atoms with E-state index in [0.717, 1.165) is 48.4 Å². The van der Waals surface area contributed by atoms with Crippen molar-refractivity contribution in [3.63, 3.8) is 0 Å². The number of likely N-dealkylation sites (tertiary alicyclic amines) is 1. The van der Waals surface area contributed by atoms with E-state index in [4.69, 9.17) is 0 Å². The summed E-state index contributed by atoms with van der Waals surface area (Å²) >= 11 is 1.61. The number of benzene rings is 1. The summed E-state index contributed by atoms with van der Waals surface area (Å²) < 4.78 is 2.16. The average molecular weight is 392 g/mol. The summed E-state index contributed by atoms with van der Waals surface area (Å²) in [5.74, 6) is 1.36. The van der Waals surface area contributed by atoms with Crippen LogP contribution in [0.3, 0.4) is 0 Å². The van der Waals surface area contributed by atoms with E-state index < -0.39 is 0 Å². The van der Waals surface area contributed by atoms with Gasteiger partial charge in [0.05, 0.1) is 17.7 Å². The Bertz CT molecular complexity index is 1060. The van der Waals surface area contributed by atoms with E-state index >= 15 is 0 Å². The molecule has 0 bridgehead atoms. The lowest BCUT2D eigenvalue weighted by Gasteiger charge is -2.32. The number of hydrogen-bond donors (Lipinski definition) is 1. The molecular weight excluding hydrogens is 370 g/mol. The second-order valence-corrected chi connectivity index (χ2v) is 7.97. The van der Waals surface area contributed by atoms with Gasteiger partial charge in [0.2, 0.25) is 0 Å². The fourth-order valence-electron chi connectivity index (χ4n) is 4.04. The fraction of sp³-hybridized carbons (Fsp3) is 0.286. The van der Waals surface area contributed by atoms with Crippen LogP contribution in [0.15, 0.2) is 53.6 Å². The van der Waals surface area contributed by atoms with Gasteiger partial charge in [-0.25, -0.2) is 9.97 Å². The Hall–Kier alpha value is -2.93. The highest BCUT2D eigenvalue weighted by Gasteiger charge is 2.28. The molecule has 1 aliphatic heterocycles. The summed E-state index contributed by atoms with van der Waals surface area (Å²) in [6.45, 7) is 2.21. The van der Waals surface area contributed by atoms with Gasteiger partial charge in [0.25, 0.3) is 5.91 Å². The number of rotatable bonds is 4. The van der Waals surface area contributed by atoms with Gasteiger partial charge in [-0.3, -0.25) is 4.79 Å². The molecular formula is C21H21N5OS. The minimum Gasteiger partial charge on any atom is -0.351 e. The first-order chi connectivity index (χ1) is 13.8. The van der Waals surface area contributed by atoms with Crippen LogP contribution in [0.25, 0.3) is 10.9 Å². The standard InChI is InChI=1S/C21H21N5OS/c27-21(19-10-15-4-1-2-6-18(15)24-19)26-8-3-5-16(11-26)20-22-7-9-25(20)12-17-13-28-14-23-17/h1-2,4,6-7,9-10,13-14,16,24H,3,5,8,11-12H2. The molecule has 3 aromatic heterocycles. The van der Waals surface area contributed by atoms with Crippen molar-refractivity contribution in [1.82, 2.24) is 24.4 Å². The molecule has 0 saturated carbocycles. The smallest absolute Gasteiger partial charge is 0.270 e. The van der Waals surface area contributed by atoms with Crippen molar-refractivity contribution in [3.8, 4) is 0 Å². The summed E-state index contributed by atoms with van der Waals surface area (Å²) in [7, 11) is 0. The minimum absolute atomic E-state index is 0.0681. The molecule has 5 rings (SSSR count). The lowest BCUT2D eigenvalue weighted by molar-refractivity contribution is 0.0698. The molecule has 0 spiro atoms. The molecule has 6 nitrogen and oxygen atoms in total. The van der Waals surface area contributed by atoms with Crippen LogP contribution < -0.4 is 0 Å². The Kier molecular flexibility index (Phi) is 4.44. The third-order valence-corrected chi connectivity index (χ3v) is 6.03. The highest BCUT2D eigenvalue weighted by molar-refractivity contribution is 7.07. The summed E-state index contributed by atoms with van der Waals surface area (Å²) in [5, 5.41) is 3.13. The first kappa shape index (κ1) is 17.2. The Balaban J connectivity index is 1.35. The predicted octanol–water partition coefficient (Wildman–Crippen LogP) is 3.89. The number of nitrogens with one attached hydrogen (secondary N) is 1. The second-order valence-electron chi connectivity index (χ2n) is 7.25. The van der Waals surface area contributed by atoms with E-state index in [2.05, 4.69) is 24.9 Å². The number of carbonyl (C=O) groups is 1.